The largest absolute Gasteiger partial charge is 0.573 e. The van der Waals surface area contributed by atoms with Gasteiger partial charge in [0.25, 0.3) is 0 Å². The number of halogens is 7. The monoisotopic (exact) mass is 356 g/mol. The molecule has 0 radical (unpaired) electrons. The van der Waals surface area contributed by atoms with Gasteiger partial charge in [-0.2, -0.15) is 13.2 Å². The zero-order chi connectivity index (χ0) is 12.6. The van der Waals surface area contributed by atoms with Crippen molar-refractivity contribution in [1.82, 2.24) is 0 Å². The second-order valence-electron chi connectivity index (χ2n) is 2.72. The zero-order valence-corrected chi connectivity index (χ0v) is 9.44. The van der Waals surface area contributed by atoms with Crippen LogP contribution in [0, 0.1) is 3.57 Å². The molecule has 0 bridgehead atoms. The van der Waals surface area contributed by atoms with Crippen LogP contribution in [0.5, 0.6) is 5.75 Å². The predicted octanol–water partition coefficient (Wildman–Crippen LogP) is 4.21. The van der Waals surface area contributed by atoms with E-state index in [0.717, 1.165) is 12.1 Å². The van der Waals surface area contributed by atoms with E-state index in [1.165, 1.54) is 22.6 Å². The fraction of sp³-hybridized carbons (Fsp3) is 0.250. The number of hydrogen-bond acceptors (Lipinski definition) is 1. The third-order valence-corrected chi connectivity index (χ3v) is 2.06. The van der Waals surface area contributed by atoms with Gasteiger partial charge in [0, 0.05) is 3.57 Å². The van der Waals surface area contributed by atoms with E-state index in [1.54, 1.807) is 0 Å². The molecule has 8 heteroatoms. The molecule has 1 nitrogen and oxygen atoms in total. The third-order valence-electron chi connectivity index (χ3n) is 1.43. The minimum Gasteiger partial charge on any atom is -0.406 e. The molecule has 90 valence electrons. The van der Waals surface area contributed by atoms with Crippen LogP contribution in [0.4, 0.5) is 26.3 Å². The summed E-state index contributed by atoms with van der Waals surface area (Å²) in [7, 11) is 0. The Hall–Kier alpha value is -0.670. The van der Waals surface area contributed by atoms with Crippen molar-refractivity contribution >= 4 is 22.6 Å². The van der Waals surface area contributed by atoms with E-state index < -0.39 is 23.9 Å². The van der Waals surface area contributed by atoms with Crippen LogP contribution in [-0.2, 0) is 6.18 Å². The standard InChI is InChI=1S/C8H3F6IO/c9-7(10,11)4-1-5(15)3-6(2-4)16-8(12,13)14/h1-3H. The Bertz CT molecular complexity index is 383. The van der Waals surface area contributed by atoms with Gasteiger partial charge in [-0.3, -0.25) is 0 Å². The molecule has 0 amide bonds. The number of benzene rings is 1. The molecule has 16 heavy (non-hydrogen) atoms. The van der Waals surface area contributed by atoms with Crippen molar-refractivity contribution in [2.75, 3.05) is 0 Å². The summed E-state index contributed by atoms with van der Waals surface area (Å²) in [6.45, 7) is 0. The summed E-state index contributed by atoms with van der Waals surface area (Å²) in [5.74, 6) is -0.883. The van der Waals surface area contributed by atoms with Crippen molar-refractivity contribution < 1.29 is 31.1 Å². The molecule has 1 aromatic carbocycles. The Balaban J connectivity index is 3.09. The predicted molar refractivity (Wildman–Crippen MR) is 50.8 cm³/mol. The maximum absolute atomic E-state index is 12.2. The molecular weight excluding hydrogens is 353 g/mol. The normalized spacial score (nSPS) is 12.7. The van der Waals surface area contributed by atoms with Crippen molar-refractivity contribution in [3.05, 3.63) is 27.3 Å². The highest BCUT2D eigenvalue weighted by molar-refractivity contribution is 14.1. The van der Waals surface area contributed by atoms with Gasteiger partial charge in [-0.05, 0) is 40.8 Å². The lowest BCUT2D eigenvalue weighted by Gasteiger charge is -2.12. The Labute approximate surface area is 99.5 Å². The summed E-state index contributed by atoms with van der Waals surface area (Å²) in [5, 5.41) is 0. The molecule has 0 spiro atoms. The Morgan fingerprint density at radius 2 is 1.50 bits per heavy atom. The van der Waals surface area contributed by atoms with Gasteiger partial charge in [-0.1, -0.05) is 0 Å². The Morgan fingerprint density at radius 1 is 0.938 bits per heavy atom. The molecule has 0 aliphatic rings. The summed E-state index contributed by atoms with van der Waals surface area (Å²) >= 11 is 1.48. The van der Waals surface area contributed by atoms with E-state index in [9.17, 15) is 26.3 Å². The van der Waals surface area contributed by atoms with Crippen LogP contribution in [0.3, 0.4) is 0 Å². The van der Waals surface area contributed by atoms with Crippen molar-refractivity contribution in [1.29, 1.82) is 0 Å². The topological polar surface area (TPSA) is 9.23 Å². The molecule has 0 saturated carbocycles. The summed E-state index contributed by atoms with van der Waals surface area (Å²) in [4.78, 5) is 0. The summed E-state index contributed by atoms with van der Waals surface area (Å²) in [5.41, 5.74) is -1.18. The molecule has 0 atom stereocenters. The molecule has 1 rings (SSSR count). The van der Waals surface area contributed by atoms with Gasteiger partial charge in [0.1, 0.15) is 5.75 Å². The Kier molecular flexibility index (Phi) is 3.60. The molecule has 0 aromatic heterocycles. The lowest BCUT2D eigenvalue weighted by atomic mass is 10.2. The van der Waals surface area contributed by atoms with Gasteiger partial charge in [0.05, 0.1) is 5.56 Å². The lowest BCUT2D eigenvalue weighted by Crippen LogP contribution is -2.18. The van der Waals surface area contributed by atoms with Crippen molar-refractivity contribution in [2.45, 2.75) is 12.5 Å². The first kappa shape index (κ1) is 13.4. The molecule has 0 unspecified atom stereocenters. The van der Waals surface area contributed by atoms with Gasteiger partial charge >= 0.3 is 12.5 Å². The van der Waals surface area contributed by atoms with E-state index in [4.69, 9.17) is 0 Å². The van der Waals surface area contributed by atoms with Crippen LogP contribution >= 0.6 is 22.6 Å². The van der Waals surface area contributed by atoms with E-state index in [1.807, 2.05) is 0 Å². The number of ether oxygens (including phenoxy) is 1. The van der Waals surface area contributed by atoms with Gasteiger partial charge in [0.15, 0.2) is 0 Å². The van der Waals surface area contributed by atoms with Crippen LogP contribution < -0.4 is 4.74 Å². The maximum Gasteiger partial charge on any atom is 0.573 e. The first-order valence-corrected chi connectivity index (χ1v) is 4.79. The van der Waals surface area contributed by atoms with E-state index in [0.29, 0.717) is 6.07 Å². The van der Waals surface area contributed by atoms with Crippen LogP contribution in [-0.4, -0.2) is 6.36 Å². The number of hydrogen-bond donors (Lipinski definition) is 0. The second kappa shape index (κ2) is 4.30. The van der Waals surface area contributed by atoms with Crippen molar-refractivity contribution in [3.63, 3.8) is 0 Å². The van der Waals surface area contributed by atoms with E-state index in [2.05, 4.69) is 4.74 Å². The highest BCUT2D eigenvalue weighted by atomic mass is 127. The highest BCUT2D eigenvalue weighted by Crippen LogP contribution is 2.34. The molecule has 0 saturated heterocycles. The minimum absolute atomic E-state index is 0.00618. The molecular formula is C8H3F6IO. The molecule has 0 aliphatic carbocycles. The quantitative estimate of drug-likeness (QED) is 0.541. The van der Waals surface area contributed by atoms with Crippen molar-refractivity contribution in [2.24, 2.45) is 0 Å². The molecule has 0 heterocycles. The van der Waals surface area contributed by atoms with E-state index in [-0.39, 0.29) is 3.57 Å². The average molecular weight is 356 g/mol. The van der Waals surface area contributed by atoms with Gasteiger partial charge in [-0.15, -0.1) is 13.2 Å². The first-order chi connectivity index (χ1) is 7.08. The number of alkyl halides is 6. The second-order valence-corrected chi connectivity index (χ2v) is 3.97. The van der Waals surface area contributed by atoms with Crippen LogP contribution in [0.1, 0.15) is 5.56 Å². The summed E-state index contributed by atoms with van der Waals surface area (Å²) in [6, 6.07) is 1.89. The van der Waals surface area contributed by atoms with Gasteiger partial charge in [-0.25, -0.2) is 0 Å². The van der Waals surface area contributed by atoms with Crippen LogP contribution in [0.15, 0.2) is 18.2 Å². The SMILES string of the molecule is FC(F)(F)Oc1cc(I)cc(C(F)(F)F)c1. The Morgan fingerprint density at radius 3 is 1.94 bits per heavy atom. The smallest absolute Gasteiger partial charge is 0.406 e. The highest BCUT2D eigenvalue weighted by Gasteiger charge is 2.34. The van der Waals surface area contributed by atoms with Crippen LogP contribution in [0.25, 0.3) is 0 Å². The van der Waals surface area contributed by atoms with Gasteiger partial charge in [0.2, 0.25) is 0 Å². The minimum atomic E-state index is -5.01. The van der Waals surface area contributed by atoms with Crippen molar-refractivity contribution in [3.8, 4) is 5.75 Å². The first-order valence-electron chi connectivity index (χ1n) is 3.71. The molecule has 0 aliphatic heterocycles. The van der Waals surface area contributed by atoms with E-state index >= 15 is 0 Å². The van der Waals surface area contributed by atoms with Crippen LogP contribution in [0.2, 0.25) is 0 Å². The molecule has 0 fully saturated rings. The fourth-order valence-electron chi connectivity index (χ4n) is 0.919. The average Bonchev–Trinajstić information content (AvgIpc) is 1.97. The third kappa shape index (κ3) is 4.06. The zero-order valence-electron chi connectivity index (χ0n) is 7.29. The lowest BCUT2D eigenvalue weighted by molar-refractivity contribution is -0.274. The summed E-state index contributed by atoms with van der Waals surface area (Å²) in [6.07, 6.45) is -9.71. The fourth-order valence-corrected chi connectivity index (χ4v) is 1.56. The number of rotatable bonds is 1. The summed E-state index contributed by atoms with van der Waals surface area (Å²) < 4.78 is 75.5. The molecule has 0 N–H and O–H groups in total. The molecule has 1 aromatic rings. The maximum atomic E-state index is 12.2. The van der Waals surface area contributed by atoms with Gasteiger partial charge < -0.3 is 4.74 Å².